The van der Waals surface area contributed by atoms with Crippen LogP contribution in [0.5, 0.6) is 5.75 Å². The van der Waals surface area contributed by atoms with Gasteiger partial charge < -0.3 is 10.1 Å². The molecule has 1 aliphatic rings. The highest BCUT2D eigenvalue weighted by atomic mass is 16.5. The number of hydrogen-bond acceptors (Lipinski definition) is 3. The minimum absolute atomic E-state index is 0.120. The first-order valence-corrected chi connectivity index (χ1v) is 8.30. The first-order valence-electron chi connectivity index (χ1n) is 8.30. The van der Waals surface area contributed by atoms with E-state index >= 15 is 0 Å². The van der Waals surface area contributed by atoms with Crippen LogP contribution >= 0.6 is 0 Å². The van der Waals surface area contributed by atoms with E-state index in [0.29, 0.717) is 18.3 Å². The van der Waals surface area contributed by atoms with Gasteiger partial charge in [-0.3, -0.25) is 4.79 Å². The van der Waals surface area contributed by atoms with Crippen molar-refractivity contribution in [1.29, 1.82) is 5.26 Å². The fourth-order valence-corrected chi connectivity index (χ4v) is 2.97. The lowest BCUT2D eigenvalue weighted by Crippen LogP contribution is -2.41. The summed E-state index contributed by atoms with van der Waals surface area (Å²) < 4.78 is 5.54. The predicted octanol–water partition coefficient (Wildman–Crippen LogP) is 3.69. The molecule has 122 valence electrons. The van der Waals surface area contributed by atoms with Gasteiger partial charge in [0.2, 0.25) is 0 Å². The van der Waals surface area contributed by atoms with Gasteiger partial charge in [-0.2, -0.15) is 5.26 Å². The van der Waals surface area contributed by atoms with Gasteiger partial charge in [0.1, 0.15) is 17.4 Å². The third-order valence-electron chi connectivity index (χ3n) is 4.31. The highest BCUT2D eigenvalue weighted by molar-refractivity contribution is 6.02. The maximum atomic E-state index is 12.4. The van der Waals surface area contributed by atoms with E-state index in [-0.39, 0.29) is 17.5 Å². The minimum Gasteiger partial charge on any atom is -0.493 e. The third kappa shape index (κ3) is 4.59. The number of rotatable bonds is 5. The lowest BCUT2D eigenvalue weighted by atomic mass is 9.86. The molecule has 0 spiro atoms. The average molecular weight is 312 g/mol. The van der Waals surface area contributed by atoms with E-state index in [1.807, 2.05) is 37.3 Å². The summed E-state index contributed by atoms with van der Waals surface area (Å²) in [4.78, 5) is 12.4. The number of hydrogen-bond donors (Lipinski definition) is 1. The topological polar surface area (TPSA) is 62.1 Å². The van der Waals surface area contributed by atoms with Gasteiger partial charge >= 0.3 is 0 Å². The van der Waals surface area contributed by atoms with E-state index in [2.05, 4.69) is 12.2 Å². The molecule has 0 aromatic heterocycles. The van der Waals surface area contributed by atoms with E-state index in [0.717, 1.165) is 24.8 Å². The Morgan fingerprint density at radius 1 is 1.39 bits per heavy atom. The molecule has 0 heterocycles. The number of ether oxygens (including phenoxy) is 1. The highest BCUT2D eigenvalue weighted by Gasteiger charge is 2.24. The molecule has 0 saturated heterocycles. The van der Waals surface area contributed by atoms with Crippen LogP contribution in [-0.4, -0.2) is 18.6 Å². The number of amides is 1. The Hall–Kier alpha value is -2.28. The monoisotopic (exact) mass is 312 g/mol. The molecular formula is C19H24N2O2. The second-order valence-electron chi connectivity index (χ2n) is 5.98. The fourth-order valence-electron chi connectivity index (χ4n) is 2.97. The van der Waals surface area contributed by atoms with Crippen molar-refractivity contribution in [3.8, 4) is 11.8 Å². The molecule has 1 fully saturated rings. The largest absolute Gasteiger partial charge is 0.493 e. The summed E-state index contributed by atoms with van der Waals surface area (Å²) in [6.07, 6.45) is 6.07. The van der Waals surface area contributed by atoms with Crippen molar-refractivity contribution in [2.75, 3.05) is 6.61 Å². The van der Waals surface area contributed by atoms with Gasteiger partial charge in [-0.25, -0.2) is 0 Å². The van der Waals surface area contributed by atoms with E-state index in [4.69, 9.17) is 4.74 Å². The van der Waals surface area contributed by atoms with Crippen LogP contribution < -0.4 is 10.1 Å². The predicted molar refractivity (Wildman–Crippen MR) is 90.8 cm³/mol. The van der Waals surface area contributed by atoms with Crippen LogP contribution in [0.1, 0.15) is 45.1 Å². The van der Waals surface area contributed by atoms with E-state index in [1.165, 1.54) is 6.42 Å². The SMILES string of the molecule is CCOc1ccccc1/C=C(\C#N)C(=O)NC1CCCCC1C. The molecule has 0 aliphatic heterocycles. The molecule has 23 heavy (non-hydrogen) atoms. The van der Waals surface area contributed by atoms with Gasteiger partial charge in [0, 0.05) is 11.6 Å². The smallest absolute Gasteiger partial charge is 0.262 e. The standard InChI is InChI=1S/C19H24N2O2/c1-3-23-18-11-7-5-9-15(18)12-16(13-20)19(22)21-17-10-6-4-8-14(17)2/h5,7,9,11-12,14,17H,3-4,6,8,10H2,1-2H3,(H,21,22)/b16-12+. The van der Waals surface area contributed by atoms with E-state index < -0.39 is 0 Å². The molecule has 1 amide bonds. The normalized spacial score (nSPS) is 21.3. The van der Waals surface area contributed by atoms with Crippen molar-refractivity contribution < 1.29 is 9.53 Å². The molecule has 2 unspecified atom stereocenters. The van der Waals surface area contributed by atoms with Crippen molar-refractivity contribution in [2.45, 2.75) is 45.6 Å². The third-order valence-corrected chi connectivity index (χ3v) is 4.31. The van der Waals surface area contributed by atoms with Crippen LogP contribution in [-0.2, 0) is 4.79 Å². The Balaban J connectivity index is 2.15. The molecule has 0 radical (unpaired) electrons. The Morgan fingerprint density at radius 3 is 2.83 bits per heavy atom. The second kappa shape index (κ2) is 8.38. The zero-order chi connectivity index (χ0) is 16.7. The fraction of sp³-hybridized carbons (Fsp3) is 0.474. The summed E-state index contributed by atoms with van der Waals surface area (Å²) in [5.41, 5.74) is 0.868. The number of benzene rings is 1. The van der Waals surface area contributed by atoms with Crippen molar-refractivity contribution in [3.05, 3.63) is 35.4 Å². The van der Waals surface area contributed by atoms with Gasteiger partial charge in [-0.05, 0) is 37.8 Å². The molecule has 2 atom stereocenters. The lowest BCUT2D eigenvalue weighted by Gasteiger charge is -2.29. The summed E-state index contributed by atoms with van der Waals surface area (Å²) in [6.45, 7) is 4.60. The first-order chi connectivity index (χ1) is 11.2. The van der Waals surface area contributed by atoms with Crippen LogP contribution in [0.2, 0.25) is 0 Å². The molecule has 0 bridgehead atoms. The Labute approximate surface area is 138 Å². The summed E-state index contributed by atoms with van der Waals surface area (Å²) in [6, 6.07) is 9.60. The summed E-state index contributed by atoms with van der Waals surface area (Å²) in [7, 11) is 0. The Bertz CT molecular complexity index is 616. The maximum absolute atomic E-state index is 12.4. The molecular weight excluding hydrogens is 288 g/mol. The molecule has 1 N–H and O–H groups in total. The van der Waals surface area contributed by atoms with Crippen molar-refractivity contribution in [3.63, 3.8) is 0 Å². The molecule has 1 aromatic rings. The zero-order valence-corrected chi connectivity index (χ0v) is 13.8. The lowest BCUT2D eigenvalue weighted by molar-refractivity contribution is -0.118. The summed E-state index contributed by atoms with van der Waals surface area (Å²) >= 11 is 0. The van der Waals surface area contributed by atoms with Crippen LogP contribution in [0.3, 0.4) is 0 Å². The second-order valence-corrected chi connectivity index (χ2v) is 5.98. The molecule has 4 nitrogen and oxygen atoms in total. The van der Waals surface area contributed by atoms with Crippen LogP contribution in [0.15, 0.2) is 29.8 Å². The minimum atomic E-state index is -0.294. The highest BCUT2D eigenvalue weighted by Crippen LogP contribution is 2.25. The quantitative estimate of drug-likeness (QED) is 0.666. The number of carbonyl (C=O) groups excluding carboxylic acids is 1. The maximum Gasteiger partial charge on any atom is 0.262 e. The molecule has 2 rings (SSSR count). The van der Waals surface area contributed by atoms with Gasteiger partial charge in [0.05, 0.1) is 6.61 Å². The van der Waals surface area contributed by atoms with Gasteiger partial charge in [-0.1, -0.05) is 38.0 Å². The number of nitrogens with one attached hydrogen (secondary N) is 1. The number of nitriles is 1. The summed E-state index contributed by atoms with van der Waals surface area (Å²) in [5, 5.41) is 12.4. The van der Waals surface area contributed by atoms with E-state index in [1.54, 1.807) is 6.08 Å². The van der Waals surface area contributed by atoms with Crippen LogP contribution in [0, 0.1) is 17.2 Å². The Kier molecular flexibility index (Phi) is 6.22. The van der Waals surface area contributed by atoms with Crippen molar-refractivity contribution >= 4 is 12.0 Å². The molecule has 1 aromatic carbocycles. The van der Waals surface area contributed by atoms with Crippen LogP contribution in [0.25, 0.3) is 6.08 Å². The number of para-hydroxylation sites is 1. The zero-order valence-electron chi connectivity index (χ0n) is 13.8. The van der Waals surface area contributed by atoms with E-state index in [9.17, 15) is 10.1 Å². The van der Waals surface area contributed by atoms with Crippen molar-refractivity contribution in [2.24, 2.45) is 5.92 Å². The van der Waals surface area contributed by atoms with Gasteiger partial charge in [0.15, 0.2) is 0 Å². The molecule has 4 heteroatoms. The van der Waals surface area contributed by atoms with Crippen molar-refractivity contribution in [1.82, 2.24) is 5.32 Å². The summed E-state index contributed by atoms with van der Waals surface area (Å²) in [5.74, 6) is 0.850. The van der Waals surface area contributed by atoms with Crippen LogP contribution in [0.4, 0.5) is 0 Å². The molecule has 1 saturated carbocycles. The van der Waals surface area contributed by atoms with Gasteiger partial charge in [0.25, 0.3) is 5.91 Å². The number of nitrogens with zero attached hydrogens (tertiary/aromatic N) is 1. The first kappa shape index (κ1) is 17.1. The number of carbonyl (C=O) groups is 1. The Morgan fingerprint density at radius 2 is 2.13 bits per heavy atom. The molecule has 1 aliphatic carbocycles. The van der Waals surface area contributed by atoms with Gasteiger partial charge in [-0.15, -0.1) is 0 Å². The average Bonchev–Trinajstić information content (AvgIpc) is 2.56.